The van der Waals surface area contributed by atoms with E-state index in [4.69, 9.17) is 4.74 Å². The maximum absolute atomic E-state index is 13.1. The molecule has 1 amide bonds. The van der Waals surface area contributed by atoms with Crippen molar-refractivity contribution < 1.29 is 18.3 Å². The van der Waals surface area contributed by atoms with Crippen molar-refractivity contribution in [3.05, 3.63) is 35.4 Å². The quantitative estimate of drug-likeness (QED) is 0.906. The number of ether oxygens (including phenoxy) is 1. The molecule has 1 unspecified atom stereocenters. The molecule has 0 bridgehead atoms. The molecule has 110 valence electrons. The van der Waals surface area contributed by atoms with Crippen molar-refractivity contribution in [2.75, 3.05) is 26.3 Å². The highest BCUT2D eigenvalue weighted by Crippen LogP contribution is 2.09. The average molecular weight is 284 g/mol. The van der Waals surface area contributed by atoms with E-state index in [1.54, 1.807) is 11.8 Å². The molecule has 1 aromatic rings. The molecule has 0 aromatic heterocycles. The fourth-order valence-electron chi connectivity index (χ4n) is 2.07. The molecule has 0 radical (unpaired) electrons. The number of halogens is 2. The molecular formula is C14H18F2N2O2. The van der Waals surface area contributed by atoms with Gasteiger partial charge in [0.2, 0.25) is 5.91 Å². The van der Waals surface area contributed by atoms with E-state index in [-0.39, 0.29) is 11.9 Å². The van der Waals surface area contributed by atoms with E-state index in [9.17, 15) is 13.6 Å². The van der Waals surface area contributed by atoms with Crippen LogP contribution in [0, 0.1) is 11.6 Å². The molecule has 1 saturated heterocycles. The van der Waals surface area contributed by atoms with Gasteiger partial charge in [-0.05, 0) is 24.6 Å². The number of morpholine rings is 1. The zero-order valence-electron chi connectivity index (χ0n) is 11.4. The molecule has 0 saturated carbocycles. The van der Waals surface area contributed by atoms with Crippen molar-refractivity contribution in [1.29, 1.82) is 0 Å². The smallest absolute Gasteiger partial charge is 0.239 e. The Bertz CT molecular complexity index is 476. The zero-order chi connectivity index (χ0) is 14.5. The maximum Gasteiger partial charge on any atom is 0.239 e. The number of benzene rings is 1. The molecule has 1 aliphatic rings. The predicted molar refractivity (Wildman–Crippen MR) is 70.1 cm³/mol. The first-order valence-corrected chi connectivity index (χ1v) is 6.62. The van der Waals surface area contributed by atoms with Crippen LogP contribution in [0.1, 0.15) is 12.5 Å². The first-order valence-electron chi connectivity index (χ1n) is 6.62. The second-order valence-electron chi connectivity index (χ2n) is 4.79. The molecule has 0 aliphatic carbocycles. The van der Waals surface area contributed by atoms with Crippen LogP contribution in [-0.4, -0.2) is 43.2 Å². The van der Waals surface area contributed by atoms with Gasteiger partial charge in [0.25, 0.3) is 0 Å². The normalized spacial score (nSPS) is 17.1. The second kappa shape index (κ2) is 6.76. The lowest BCUT2D eigenvalue weighted by Gasteiger charge is -2.29. The summed E-state index contributed by atoms with van der Waals surface area (Å²) in [4.78, 5) is 13.9. The summed E-state index contributed by atoms with van der Waals surface area (Å²) >= 11 is 0. The molecule has 6 heteroatoms. The Hall–Kier alpha value is -1.53. The average Bonchev–Trinajstić information content (AvgIpc) is 2.48. The fourth-order valence-corrected chi connectivity index (χ4v) is 2.07. The van der Waals surface area contributed by atoms with Crippen LogP contribution in [0.15, 0.2) is 18.2 Å². The van der Waals surface area contributed by atoms with E-state index < -0.39 is 11.6 Å². The van der Waals surface area contributed by atoms with Gasteiger partial charge in [0.05, 0.1) is 19.3 Å². The van der Waals surface area contributed by atoms with Crippen molar-refractivity contribution in [3.8, 4) is 0 Å². The van der Waals surface area contributed by atoms with Gasteiger partial charge in [0.15, 0.2) is 11.6 Å². The van der Waals surface area contributed by atoms with E-state index >= 15 is 0 Å². The van der Waals surface area contributed by atoms with E-state index in [0.29, 0.717) is 38.4 Å². The maximum atomic E-state index is 13.1. The van der Waals surface area contributed by atoms with Gasteiger partial charge < -0.3 is 15.0 Å². The van der Waals surface area contributed by atoms with Crippen LogP contribution in [0.2, 0.25) is 0 Å². The Morgan fingerprint density at radius 2 is 2.05 bits per heavy atom. The standard InChI is InChI=1S/C14H18F2N2O2/c1-10(14(19)18-4-6-20-7-5-18)17-9-11-2-3-12(15)13(16)8-11/h2-3,8,10,17H,4-7,9H2,1H3. The molecule has 1 aliphatic heterocycles. The van der Waals surface area contributed by atoms with Crippen LogP contribution >= 0.6 is 0 Å². The summed E-state index contributed by atoms with van der Waals surface area (Å²) in [6, 6.07) is 3.34. The Labute approximate surface area is 116 Å². The number of hydrogen-bond acceptors (Lipinski definition) is 3. The Morgan fingerprint density at radius 1 is 1.35 bits per heavy atom. The Balaban J connectivity index is 1.85. The summed E-state index contributed by atoms with van der Waals surface area (Å²) in [5.74, 6) is -1.75. The number of rotatable bonds is 4. The fraction of sp³-hybridized carbons (Fsp3) is 0.500. The minimum absolute atomic E-state index is 0.00381. The number of nitrogens with zero attached hydrogens (tertiary/aromatic N) is 1. The molecule has 20 heavy (non-hydrogen) atoms. The number of amides is 1. The van der Waals surface area contributed by atoms with Gasteiger partial charge in [0.1, 0.15) is 0 Å². The number of carbonyl (C=O) groups is 1. The topological polar surface area (TPSA) is 41.6 Å². The number of carbonyl (C=O) groups excluding carboxylic acids is 1. The molecule has 1 fully saturated rings. The van der Waals surface area contributed by atoms with E-state index in [1.807, 2.05) is 0 Å². The second-order valence-corrected chi connectivity index (χ2v) is 4.79. The molecule has 1 heterocycles. The van der Waals surface area contributed by atoms with Crippen LogP contribution < -0.4 is 5.32 Å². The van der Waals surface area contributed by atoms with Gasteiger partial charge in [-0.25, -0.2) is 8.78 Å². The van der Waals surface area contributed by atoms with E-state index in [2.05, 4.69) is 5.32 Å². The summed E-state index contributed by atoms with van der Waals surface area (Å²) in [6.07, 6.45) is 0. The van der Waals surface area contributed by atoms with Gasteiger partial charge in [-0.1, -0.05) is 6.07 Å². The summed E-state index contributed by atoms with van der Waals surface area (Å²) < 4.78 is 31.1. The summed E-state index contributed by atoms with van der Waals surface area (Å²) in [5, 5.41) is 3.02. The van der Waals surface area contributed by atoms with Gasteiger partial charge in [0, 0.05) is 19.6 Å². The monoisotopic (exact) mass is 284 g/mol. The SMILES string of the molecule is CC(NCc1ccc(F)c(F)c1)C(=O)N1CCOCC1. The largest absolute Gasteiger partial charge is 0.378 e. The van der Waals surface area contributed by atoms with Gasteiger partial charge in [-0.2, -0.15) is 0 Å². The van der Waals surface area contributed by atoms with Gasteiger partial charge >= 0.3 is 0 Å². The van der Waals surface area contributed by atoms with Crippen LogP contribution in [0.3, 0.4) is 0 Å². The van der Waals surface area contributed by atoms with Crippen molar-refractivity contribution in [1.82, 2.24) is 10.2 Å². The van der Waals surface area contributed by atoms with Crippen LogP contribution in [0.5, 0.6) is 0 Å². The third-order valence-corrected chi connectivity index (χ3v) is 3.29. The molecule has 1 atom stereocenters. The highest BCUT2D eigenvalue weighted by atomic mass is 19.2. The van der Waals surface area contributed by atoms with Crippen molar-refractivity contribution >= 4 is 5.91 Å². The van der Waals surface area contributed by atoms with Crippen LogP contribution in [0.4, 0.5) is 8.78 Å². The lowest BCUT2D eigenvalue weighted by atomic mass is 10.2. The highest BCUT2D eigenvalue weighted by molar-refractivity contribution is 5.81. The van der Waals surface area contributed by atoms with Crippen molar-refractivity contribution in [3.63, 3.8) is 0 Å². The minimum Gasteiger partial charge on any atom is -0.378 e. The molecule has 2 rings (SSSR count). The first-order chi connectivity index (χ1) is 9.58. The molecular weight excluding hydrogens is 266 g/mol. The van der Waals surface area contributed by atoms with E-state index in [1.165, 1.54) is 6.07 Å². The highest BCUT2D eigenvalue weighted by Gasteiger charge is 2.21. The van der Waals surface area contributed by atoms with Crippen molar-refractivity contribution in [2.45, 2.75) is 19.5 Å². The zero-order valence-corrected chi connectivity index (χ0v) is 11.4. The molecule has 1 aromatic carbocycles. The lowest BCUT2D eigenvalue weighted by Crippen LogP contribution is -2.49. The molecule has 4 nitrogen and oxygen atoms in total. The Morgan fingerprint density at radius 3 is 2.70 bits per heavy atom. The molecule has 0 spiro atoms. The number of hydrogen-bond donors (Lipinski definition) is 1. The van der Waals surface area contributed by atoms with Crippen LogP contribution in [0.25, 0.3) is 0 Å². The summed E-state index contributed by atoms with van der Waals surface area (Å²) in [5.41, 5.74) is 0.602. The summed E-state index contributed by atoms with van der Waals surface area (Å²) in [6.45, 7) is 4.38. The third kappa shape index (κ3) is 3.74. The van der Waals surface area contributed by atoms with Gasteiger partial charge in [-0.15, -0.1) is 0 Å². The minimum atomic E-state index is -0.878. The van der Waals surface area contributed by atoms with Crippen LogP contribution in [-0.2, 0) is 16.1 Å². The lowest BCUT2D eigenvalue weighted by molar-refractivity contribution is -0.137. The Kier molecular flexibility index (Phi) is 5.03. The summed E-state index contributed by atoms with van der Waals surface area (Å²) in [7, 11) is 0. The first kappa shape index (κ1) is 14.9. The van der Waals surface area contributed by atoms with Gasteiger partial charge in [-0.3, -0.25) is 4.79 Å². The number of nitrogens with one attached hydrogen (secondary N) is 1. The van der Waals surface area contributed by atoms with Crippen molar-refractivity contribution in [2.24, 2.45) is 0 Å². The molecule has 1 N–H and O–H groups in total. The van der Waals surface area contributed by atoms with E-state index in [0.717, 1.165) is 12.1 Å². The predicted octanol–water partition coefficient (Wildman–Crippen LogP) is 1.30. The third-order valence-electron chi connectivity index (χ3n) is 3.29.